The van der Waals surface area contributed by atoms with Crippen LogP contribution < -0.4 is 0 Å². The van der Waals surface area contributed by atoms with Crippen LogP contribution in [0.25, 0.3) is 11.0 Å². The van der Waals surface area contributed by atoms with Crippen molar-refractivity contribution in [3.05, 3.63) is 35.7 Å². The van der Waals surface area contributed by atoms with E-state index in [1.54, 1.807) is 6.92 Å². The van der Waals surface area contributed by atoms with Crippen LogP contribution in [0.2, 0.25) is 0 Å². The fourth-order valence-corrected chi connectivity index (χ4v) is 1.72. The monoisotopic (exact) mass is 200 g/mol. The Morgan fingerprint density at radius 2 is 1.87 bits per heavy atom. The summed E-state index contributed by atoms with van der Waals surface area (Å²) < 4.78 is 5.04. The third-order valence-electron chi connectivity index (χ3n) is 2.46. The molecule has 15 heavy (non-hydrogen) atoms. The van der Waals surface area contributed by atoms with E-state index >= 15 is 0 Å². The van der Waals surface area contributed by atoms with E-state index in [0.717, 1.165) is 11.0 Å². The standard InChI is InChI=1S/C11H8N2O2/c1-6-9-10(11(14)15-6)13-8-5-3-2-4-7(8)12-9/h2-6H,1H3. The van der Waals surface area contributed by atoms with Gasteiger partial charge in [0.05, 0.1) is 11.0 Å². The van der Waals surface area contributed by atoms with Gasteiger partial charge in [-0.05, 0) is 19.1 Å². The molecule has 4 nitrogen and oxygen atoms in total. The largest absolute Gasteiger partial charge is 0.451 e. The first-order valence-corrected chi connectivity index (χ1v) is 4.73. The summed E-state index contributed by atoms with van der Waals surface area (Å²) in [5.74, 6) is -0.379. The van der Waals surface area contributed by atoms with Crippen LogP contribution in [0.1, 0.15) is 29.2 Å². The van der Waals surface area contributed by atoms with Crippen LogP contribution >= 0.6 is 0 Å². The summed E-state index contributed by atoms with van der Waals surface area (Å²) >= 11 is 0. The second-order valence-electron chi connectivity index (χ2n) is 3.49. The van der Waals surface area contributed by atoms with E-state index in [4.69, 9.17) is 4.74 Å². The molecule has 0 N–H and O–H groups in total. The first-order valence-electron chi connectivity index (χ1n) is 4.73. The second-order valence-corrected chi connectivity index (χ2v) is 3.49. The Morgan fingerprint density at radius 3 is 2.60 bits per heavy atom. The zero-order valence-electron chi connectivity index (χ0n) is 8.10. The van der Waals surface area contributed by atoms with Gasteiger partial charge < -0.3 is 4.74 Å². The lowest BCUT2D eigenvalue weighted by atomic mass is 10.2. The van der Waals surface area contributed by atoms with Crippen LogP contribution in [-0.4, -0.2) is 15.9 Å². The van der Waals surface area contributed by atoms with Gasteiger partial charge in [0.1, 0.15) is 11.8 Å². The molecule has 0 aliphatic carbocycles. The Hall–Kier alpha value is -1.97. The highest BCUT2D eigenvalue weighted by Gasteiger charge is 2.31. The number of benzene rings is 1. The van der Waals surface area contributed by atoms with Crippen LogP contribution in [-0.2, 0) is 4.74 Å². The molecule has 0 saturated heterocycles. The molecule has 74 valence electrons. The van der Waals surface area contributed by atoms with Crippen LogP contribution in [0.5, 0.6) is 0 Å². The summed E-state index contributed by atoms with van der Waals surface area (Å²) in [6.07, 6.45) is -0.287. The third kappa shape index (κ3) is 1.11. The van der Waals surface area contributed by atoms with Crippen LogP contribution in [0, 0.1) is 0 Å². The Bertz CT molecular complexity index is 566. The normalized spacial score (nSPS) is 19.0. The third-order valence-corrected chi connectivity index (χ3v) is 2.46. The number of esters is 1. The number of nitrogens with zero attached hydrogens (tertiary/aromatic N) is 2. The van der Waals surface area contributed by atoms with Crippen molar-refractivity contribution in [3.8, 4) is 0 Å². The van der Waals surface area contributed by atoms with E-state index in [9.17, 15) is 4.79 Å². The van der Waals surface area contributed by atoms with Gasteiger partial charge in [-0.15, -0.1) is 0 Å². The molecule has 1 aromatic carbocycles. The highest BCUT2D eigenvalue weighted by molar-refractivity contribution is 5.93. The molecule has 2 aromatic rings. The zero-order valence-corrected chi connectivity index (χ0v) is 8.10. The summed E-state index contributed by atoms with van der Waals surface area (Å²) in [4.78, 5) is 20.0. The number of carbonyl (C=O) groups excluding carboxylic acids is 1. The van der Waals surface area contributed by atoms with Crippen LogP contribution in [0.4, 0.5) is 0 Å². The molecule has 3 rings (SSSR count). The van der Waals surface area contributed by atoms with Gasteiger partial charge in [-0.25, -0.2) is 14.8 Å². The SMILES string of the molecule is CC1OC(=O)c2nc3ccccc3nc21. The van der Waals surface area contributed by atoms with Crippen molar-refractivity contribution >= 4 is 17.0 Å². The smallest absolute Gasteiger partial charge is 0.359 e. The number of cyclic esters (lactones) is 1. The molecular formula is C11H8N2O2. The average Bonchev–Trinajstić information content (AvgIpc) is 2.52. The molecule has 1 aliphatic rings. The van der Waals surface area contributed by atoms with Crippen LogP contribution in [0.3, 0.4) is 0 Å². The van der Waals surface area contributed by atoms with Gasteiger partial charge in [-0.2, -0.15) is 0 Å². The van der Waals surface area contributed by atoms with Crippen molar-refractivity contribution in [1.29, 1.82) is 0 Å². The first kappa shape index (κ1) is 8.35. The van der Waals surface area contributed by atoms with Crippen molar-refractivity contribution in [2.24, 2.45) is 0 Å². The molecular weight excluding hydrogens is 192 g/mol. The fourth-order valence-electron chi connectivity index (χ4n) is 1.72. The van der Waals surface area contributed by atoms with E-state index in [1.165, 1.54) is 0 Å². The Labute approximate surface area is 85.9 Å². The summed E-state index contributed by atoms with van der Waals surface area (Å²) in [6, 6.07) is 7.47. The molecule has 1 atom stereocenters. The number of hydrogen-bond donors (Lipinski definition) is 0. The predicted octanol–water partition coefficient (Wildman–Crippen LogP) is 1.86. The van der Waals surface area contributed by atoms with Gasteiger partial charge >= 0.3 is 5.97 Å². The molecule has 0 bridgehead atoms. The lowest BCUT2D eigenvalue weighted by Gasteiger charge is -2.01. The first-order chi connectivity index (χ1) is 7.25. The van der Waals surface area contributed by atoms with Gasteiger partial charge in [0, 0.05) is 0 Å². The number of aromatic nitrogens is 2. The van der Waals surface area contributed by atoms with Gasteiger partial charge in [-0.3, -0.25) is 0 Å². The number of fused-ring (bicyclic) bond motifs is 2. The van der Waals surface area contributed by atoms with Crippen LogP contribution in [0.15, 0.2) is 24.3 Å². The molecule has 0 saturated carbocycles. The number of ether oxygens (including phenoxy) is 1. The highest BCUT2D eigenvalue weighted by Crippen LogP contribution is 2.28. The lowest BCUT2D eigenvalue weighted by Crippen LogP contribution is -1.99. The van der Waals surface area contributed by atoms with Gasteiger partial charge in [0.2, 0.25) is 0 Å². The maximum atomic E-state index is 11.4. The number of rotatable bonds is 0. The lowest BCUT2D eigenvalue weighted by molar-refractivity contribution is 0.0414. The fraction of sp³-hybridized carbons (Fsp3) is 0.182. The molecule has 0 radical (unpaired) electrons. The van der Waals surface area contributed by atoms with Crippen molar-refractivity contribution in [2.75, 3.05) is 0 Å². The van der Waals surface area contributed by atoms with Crippen molar-refractivity contribution in [1.82, 2.24) is 9.97 Å². The van der Waals surface area contributed by atoms with Gasteiger partial charge in [-0.1, -0.05) is 12.1 Å². The van der Waals surface area contributed by atoms with E-state index in [-0.39, 0.29) is 12.1 Å². The Balaban J connectivity index is 2.36. The molecule has 2 heterocycles. The Kier molecular flexibility index (Phi) is 1.54. The van der Waals surface area contributed by atoms with Gasteiger partial charge in [0.15, 0.2) is 5.69 Å². The minimum Gasteiger partial charge on any atom is -0.451 e. The predicted molar refractivity (Wildman–Crippen MR) is 53.4 cm³/mol. The van der Waals surface area contributed by atoms with E-state index < -0.39 is 0 Å². The summed E-state index contributed by atoms with van der Waals surface area (Å²) in [5.41, 5.74) is 2.50. The number of hydrogen-bond acceptors (Lipinski definition) is 4. The van der Waals surface area contributed by atoms with Crippen molar-refractivity contribution in [3.63, 3.8) is 0 Å². The minimum absolute atomic E-state index is 0.287. The molecule has 0 amide bonds. The number of carbonyl (C=O) groups is 1. The summed E-state index contributed by atoms with van der Waals surface area (Å²) in [5, 5.41) is 0. The molecule has 4 heteroatoms. The molecule has 1 aromatic heterocycles. The molecule has 1 aliphatic heterocycles. The van der Waals surface area contributed by atoms with Crippen molar-refractivity contribution in [2.45, 2.75) is 13.0 Å². The van der Waals surface area contributed by atoms with E-state index in [2.05, 4.69) is 9.97 Å². The topological polar surface area (TPSA) is 52.1 Å². The van der Waals surface area contributed by atoms with Crippen molar-refractivity contribution < 1.29 is 9.53 Å². The maximum Gasteiger partial charge on any atom is 0.359 e. The minimum atomic E-state index is -0.379. The maximum absolute atomic E-state index is 11.4. The number of para-hydroxylation sites is 2. The Morgan fingerprint density at radius 1 is 1.20 bits per heavy atom. The van der Waals surface area contributed by atoms with E-state index in [0.29, 0.717) is 11.4 Å². The van der Waals surface area contributed by atoms with Gasteiger partial charge in [0.25, 0.3) is 0 Å². The molecule has 0 spiro atoms. The second kappa shape index (κ2) is 2.76. The van der Waals surface area contributed by atoms with E-state index in [1.807, 2.05) is 24.3 Å². The average molecular weight is 200 g/mol. The zero-order chi connectivity index (χ0) is 10.4. The summed E-state index contributed by atoms with van der Waals surface area (Å²) in [7, 11) is 0. The highest BCUT2D eigenvalue weighted by atomic mass is 16.5. The summed E-state index contributed by atoms with van der Waals surface area (Å²) in [6.45, 7) is 1.80. The molecule has 1 unspecified atom stereocenters. The molecule has 0 fully saturated rings. The quantitative estimate of drug-likeness (QED) is 0.609.